The van der Waals surface area contributed by atoms with Crippen molar-refractivity contribution >= 4 is 11.9 Å². The maximum Gasteiger partial charge on any atom is 1.00 e. The molecule has 0 bridgehead atoms. The Morgan fingerprint density at radius 1 is 1.04 bits per heavy atom. The summed E-state index contributed by atoms with van der Waals surface area (Å²) >= 11 is 0. The van der Waals surface area contributed by atoms with E-state index in [1.165, 1.54) is 17.7 Å². The van der Waals surface area contributed by atoms with Gasteiger partial charge in [0.2, 0.25) is 0 Å². The number of nitrogens with one attached hydrogen (secondary N) is 1. The molecule has 0 aromatic heterocycles. The van der Waals surface area contributed by atoms with Gasteiger partial charge in [-0.3, -0.25) is 4.79 Å². The zero-order valence-corrected chi connectivity index (χ0v) is 16.8. The maximum absolute atomic E-state index is 12.0. The van der Waals surface area contributed by atoms with Crippen LogP contribution in [0.5, 0.6) is 5.75 Å². The van der Waals surface area contributed by atoms with Crippen molar-refractivity contribution in [1.82, 2.24) is 5.32 Å². The third-order valence-corrected chi connectivity index (χ3v) is 3.60. The summed E-state index contributed by atoms with van der Waals surface area (Å²) in [6, 6.07) is 13.7. The number of carboxylic acid groups (broad SMARTS) is 1. The second-order valence-electron chi connectivity index (χ2n) is 5.71. The van der Waals surface area contributed by atoms with Crippen molar-refractivity contribution in [2.75, 3.05) is 13.2 Å². The van der Waals surface area contributed by atoms with Crippen LogP contribution in [0.1, 0.15) is 47.5 Å². The molecule has 0 aliphatic carbocycles. The van der Waals surface area contributed by atoms with E-state index in [0.717, 1.165) is 0 Å². The van der Waals surface area contributed by atoms with Gasteiger partial charge in [-0.1, -0.05) is 26.0 Å². The Balaban J connectivity index is 0.00000312. The molecular weight excluding hydrogens is 329 g/mol. The third-order valence-electron chi connectivity index (χ3n) is 3.60. The van der Waals surface area contributed by atoms with Crippen LogP contribution < -0.4 is 39.6 Å². The molecule has 0 atom stereocenters. The van der Waals surface area contributed by atoms with Crippen molar-refractivity contribution in [2.24, 2.45) is 0 Å². The van der Waals surface area contributed by atoms with Gasteiger partial charge in [0.25, 0.3) is 5.91 Å². The van der Waals surface area contributed by atoms with Crippen molar-refractivity contribution in [3.63, 3.8) is 0 Å². The molecule has 0 radical (unpaired) electrons. The zero-order valence-electron chi connectivity index (χ0n) is 15.8. The first kappa shape index (κ1) is 21.2. The van der Waals surface area contributed by atoms with Crippen molar-refractivity contribution in [1.29, 1.82) is 0 Å². The molecule has 2 aromatic carbocycles. The van der Waals surface area contributed by atoms with E-state index in [-0.39, 0.29) is 42.5 Å². The Hall–Kier alpha value is -1.82. The summed E-state index contributed by atoms with van der Waals surface area (Å²) in [5.74, 6) is -0.119. The van der Waals surface area contributed by atoms with E-state index >= 15 is 0 Å². The molecule has 2 rings (SSSR count). The van der Waals surface area contributed by atoms with Gasteiger partial charge >= 0.3 is 35.5 Å². The van der Waals surface area contributed by atoms with Gasteiger partial charge in [-0.2, -0.15) is 0 Å². The molecule has 0 spiro atoms. The molecule has 0 saturated heterocycles. The predicted octanol–water partition coefficient (Wildman–Crippen LogP) is 0.434. The summed E-state index contributed by atoms with van der Waals surface area (Å²) < 4.78 is 5.47. The summed E-state index contributed by atoms with van der Waals surface area (Å²) in [6.07, 6.45) is 0. The van der Waals surface area contributed by atoms with Crippen molar-refractivity contribution in [3.05, 3.63) is 65.2 Å². The van der Waals surface area contributed by atoms with Crippen LogP contribution >= 0.6 is 0 Å². The molecule has 5 nitrogen and oxygen atoms in total. The van der Waals surface area contributed by atoms with E-state index in [1.54, 1.807) is 12.1 Å². The minimum Gasteiger partial charge on any atom is -1.00 e. The van der Waals surface area contributed by atoms with Crippen LogP contribution in [0, 0.1) is 0 Å². The molecule has 0 unspecified atom stereocenters. The van der Waals surface area contributed by atoms with Crippen molar-refractivity contribution < 1.29 is 50.4 Å². The standard InChI is InChI=1S/C19H21NO4.Na.H/c1-13(2)14-3-5-15(6-4-14)18(21)20-11-12-24-17-9-7-16(8-10-17)19(22)23;;/h3-10,13H,11-12H2,1-2H3,(H,20,21)(H,22,23);;/q;+1;-1. The first-order valence-corrected chi connectivity index (χ1v) is 7.81. The van der Waals surface area contributed by atoms with E-state index in [0.29, 0.717) is 30.4 Å². The van der Waals surface area contributed by atoms with Crippen molar-refractivity contribution in [2.45, 2.75) is 19.8 Å². The number of benzene rings is 2. The number of aromatic carboxylic acids is 1. The van der Waals surface area contributed by atoms with E-state index in [1.807, 2.05) is 24.3 Å². The van der Waals surface area contributed by atoms with Crippen molar-refractivity contribution in [3.8, 4) is 5.75 Å². The van der Waals surface area contributed by atoms with Crippen LogP contribution in [-0.4, -0.2) is 30.1 Å². The summed E-state index contributed by atoms with van der Waals surface area (Å²) in [7, 11) is 0. The molecular formula is C19H22NNaO4. The van der Waals surface area contributed by atoms with Gasteiger partial charge in [0.05, 0.1) is 12.1 Å². The number of carbonyl (C=O) groups is 2. The Labute approximate surface area is 171 Å². The Morgan fingerprint density at radius 2 is 1.60 bits per heavy atom. The fraction of sp³-hybridized carbons (Fsp3) is 0.263. The molecule has 6 heteroatoms. The number of carbonyl (C=O) groups excluding carboxylic acids is 1. The third kappa shape index (κ3) is 6.53. The number of ether oxygens (including phenoxy) is 1. The molecule has 0 heterocycles. The van der Waals surface area contributed by atoms with Gasteiger partial charge < -0.3 is 16.6 Å². The minimum atomic E-state index is -0.975. The van der Waals surface area contributed by atoms with Crippen LogP contribution in [0.2, 0.25) is 0 Å². The molecule has 0 aliphatic rings. The summed E-state index contributed by atoms with van der Waals surface area (Å²) in [5.41, 5.74) is 2.02. The van der Waals surface area contributed by atoms with Crippen LogP contribution in [0.4, 0.5) is 0 Å². The van der Waals surface area contributed by atoms with Gasteiger partial charge in [-0.25, -0.2) is 4.79 Å². The predicted molar refractivity (Wildman–Crippen MR) is 92.9 cm³/mol. The number of hydrogen-bond acceptors (Lipinski definition) is 3. The Bertz CT molecular complexity index is 702. The number of rotatable bonds is 7. The average molecular weight is 351 g/mol. The summed E-state index contributed by atoms with van der Waals surface area (Å²) in [6.45, 7) is 4.89. The van der Waals surface area contributed by atoms with Crippen LogP contribution in [-0.2, 0) is 0 Å². The molecule has 128 valence electrons. The van der Waals surface area contributed by atoms with Gasteiger partial charge in [0, 0.05) is 5.56 Å². The largest absolute Gasteiger partial charge is 1.00 e. The SMILES string of the molecule is CC(C)c1ccc(C(=O)NCCOc2ccc(C(=O)O)cc2)cc1.[H-].[Na+]. The minimum absolute atomic E-state index is 0. The molecule has 2 aromatic rings. The Kier molecular flexibility index (Phi) is 8.69. The van der Waals surface area contributed by atoms with Gasteiger partial charge in [-0.05, 0) is 47.9 Å². The van der Waals surface area contributed by atoms with Crippen LogP contribution in [0.15, 0.2) is 48.5 Å². The van der Waals surface area contributed by atoms with E-state index in [9.17, 15) is 9.59 Å². The van der Waals surface area contributed by atoms with E-state index in [4.69, 9.17) is 9.84 Å². The van der Waals surface area contributed by atoms with E-state index in [2.05, 4.69) is 19.2 Å². The number of carboxylic acids is 1. The topological polar surface area (TPSA) is 75.6 Å². The number of hydrogen-bond donors (Lipinski definition) is 2. The quantitative estimate of drug-likeness (QED) is 0.560. The summed E-state index contributed by atoms with van der Waals surface area (Å²) in [4.78, 5) is 22.8. The van der Waals surface area contributed by atoms with Crippen LogP contribution in [0.3, 0.4) is 0 Å². The molecule has 1 amide bonds. The first-order chi connectivity index (χ1) is 11.5. The Morgan fingerprint density at radius 3 is 2.12 bits per heavy atom. The maximum atomic E-state index is 12.0. The molecule has 25 heavy (non-hydrogen) atoms. The fourth-order valence-corrected chi connectivity index (χ4v) is 2.15. The summed E-state index contributed by atoms with van der Waals surface area (Å²) in [5, 5.41) is 11.6. The smallest absolute Gasteiger partial charge is 1.00 e. The normalized spacial score (nSPS) is 10.0. The van der Waals surface area contributed by atoms with E-state index < -0.39 is 5.97 Å². The van der Waals surface area contributed by atoms with Gasteiger partial charge in [0.1, 0.15) is 12.4 Å². The van der Waals surface area contributed by atoms with Crippen LogP contribution in [0.25, 0.3) is 0 Å². The monoisotopic (exact) mass is 351 g/mol. The number of amides is 1. The molecule has 0 saturated carbocycles. The first-order valence-electron chi connectivity index (χ1n) is 7.81. The van der Waals surface area contributed by atoms with Gasteiger partial charge in [-0.15, -0.1) is 0 Å². The fourth-order valence-electron chi connectivity index (χ4n) is 2.15. The zero-order chi connectivity index (χ0) is 17.5. The second kappa shape index (κ2) is 10.2. The molecule has 2 N–H and O–H groups in total. The molecule has 0 fully saturated rings. The average Bonchev–Trinajstić information content (AvgIpc) is 2.59. The second-order valence-corrected chi connectivity index (χ2v) is 5.71. The molecule has 0 aliphatic heterocycles. The van der Waals surface area contributed by atoms with Gasteiger partial charge in [0.15, 0.2) is 0 Å².